The third kappa shape index (κ3) is 5.61. The number of benzene rings is 1. The molecule has 6 rings (SSSR count). The molecule has 1 aromatic carbocycles. The molecule has 4 heterocycles. The summed E-state index contributed by atoms with van der Waals surface area (Å²) < 4.78 is 3.14. The average Bonchev–Trinajstić information content (AvgIpc) is 3.58. The van der Waals surface area contributed by atoms with Gasteiger partial charge < -0.3 is 40.3 Å². The van der Waals surface area contributed by atoms with Gasteiger partial charge in [-0.25, -0.2) is 14.6 Å². The molecule has 0 saturated carbocycles. The Morgan fingerprint density at radius 3 is 2.64 bits per heavy atom. The van der Waals surface area contributed by atoms with Crippen molar-refractivity contribution < 1.29 is 34.1 Å². The number of urea groups is 1. The zero-order valence-electron chi connectivity index (χ0n) is 25.6. The summed E-state index contributed by atoms with van der Waals surface area (Å²) in [6.45, 7) is 2.66. The minimum absolute atomic E-state index is 0.147. The number of carbonyl (C=O) groups excluding carboxylic acids is 4. The molecule has 4 atom stereocenters. The van der Waals surface area contributed by atoms with E-state index in [0.29, 0.717) is 5.56 Å². The molecule has 254 valence electrons. The fourth-order valence-corrected chi connectivity index (χ4v) is 7.44. The molecule has 0 radical (unpaired) electrons. The number of hydrogen-bond acceptors (Lipinski definition) is 11. The van der Waals surface area contributed by atoms with Crippen LogP contribution >= 0.6 is 34.8 Å². The van der Waals surface area contributed by atoms with Gasteiger partial charge in [-0.2, -0.15) is 0 Å². The van der Waals surface area contributed by atoms with Gasteiger partial charge in [0.2, 0.25) is 21.4 Å². The quantitative estimate of drug-likeness (QED) is 0.164. The number of fused-ring (bicyclic) bond motifs is 1. The molecule has 4 aliphatic heterocycles. The number of carbonyl (C=O) groups is 4. The van der Waals surface area contributed by atoms with Crippen molar-refractivity contribution in [3.05, 3.63) is 47.3 Å². The molecule has 0 aromatic heterocycles. The van der Waals surface area contributed by atoms with Gasteiger partial charge in [0.15, 0.2) is 5.66 Å². The van der Waals surface area contributed by atoms with Gasteiger partial charge in [0.1, 0.15) is 19.2 Å². The van der Waals surface area contributed by atoms with Gasteiger partial charge in [-0.1, -0.05) is 53.5 Å². The maximum absolute atomic E-state index is 14.1. The first-order valence-corrected chi connectivity index (χ1v) is 16.2. The lowest BCUT2D eigenvalue weighted by Gasteiger charge is -2.50. The lowest BCUT2D eigenvalue weighted by atomic mass is 9.84. The number of halogens is 3. The largest absolute Gasteiger partial charge is 0.445 e. The van der Waals surface area contributed by atoms with E-state index < -0.39 is 63.9 Å². The van der Waals surface area contributed by atoms with Crippen molar-refractivity contribution in [3.63, 3.8) is 0 Å². The number of rotatable bonds is 5. The number of amides is 5. The van der Waals surface area contributed by atoms with Gasteiger partial charge in [-0.3, -0.25) is 19.8 Å². The van der Waals surface area contributed by atoms with Crippen LogP contribution in [0.15, 0.2) is 35.6 Å². The highest BCUT2D eigenvalue weighted by atomic mass is 35.6. The second-order valence-electron chi connectivity index (χ2n) is 12.4. The van der Waals surface area contributed by atoms with Crippen molar-refractivity contribution in [1.29, 1.82) is 0 Å². The normalized spacial score (nSPS) is 27.8. The minimum Gasteiger partial charge on any atom is -0.445 e. The van der Waals surface area contributed by atoms with E-state index in [1.54, 1.807) is 6.07 Å². The third-order valence-corrected chi connectivity index (χ3v) is 9.78. The summed E-state index contributed by atoms with van der Waals surface area (Å²) in [7, 11) is 2.95. The zero-order valence-corrected chi connectivity index (χ0v) is 27.9. The van der Waals surface area contributed by atoms with E-state index in [2.05, 4.69) is 27.5 Å². The van der Waals surface area contributed by atoms with Crippen LogP contribution in [0.3, 0.4) is 0 Å². The Morgan fingerprint density at radius 1 is 1.23 bits per heavy atom. The predicted molar refractivity (Wildman–Crippen MR) is 171 cm³/mol. The number of guanidine groups is 1. The van der Waals surface area contributed by atoms with Crippen LogP contribution in [0.4, 0.5) is 9.59 Å². The van der Waals surface area contributed by atoms with Crippen molar-refractivity contribution >= 4 is 64.7 Å². The summed E-state index contributed by atoms with van der Waals surface area (Å²) in [4.78, 5) is 62.1. The molecule has 1 aromatic rings. The number of aryl methyl sites for hydroxylation is 1. The molecular formula is C29H35Cl3N8O7. The Balaban J connectivity index is 1.38. The van der Waals surface area contributed by atoms with E-state index in [9.17, 15) is 29.4 Å². The first-order valence-electron chi connectivity index (χ1n) is 15.0. The van der Waals surface area contributed by atoms with Crippen LogP contribution in [-0.2, 0) is 22.4 Å². The second-order valence-corrected chi connectivity index (χ2v) is 14.9. The highest BCUT2D eigenvalue weighted by molar-refractivity contribution is 6.67. The lowest BCUT2D eigenvalue weighted by Crippen LogP contribution is -2.78. The Labute approximate surface area is 285 Å². The summed E-state index contributed by atoms with van der Waals surface area (Å²) in [6, 6.07) is 1.60. The monoisotopic (exact) mass is 712 g/mol. The number of aliphatic hydroxyl groups is 2. The minimum atomic E-state index is -2.73. The third-order valence-electron chi connectivity index (χ3n) is 9.45. The number of alkyl halides is 3. The molecular weight excluding hydrogens is 679 g/mol. The van der Waals surface area contributed by atoms with Crippen molar-refractivity contribution in [2.45, 2.75) is 59.1 Å². The van der Waals surface area contributed by atoms with Crippen LogP contribution < -0.4 is 16.0 Å². The van der Waals surface area contributed by atoms with Crippen LogP contribution in [0.25, 0.3) is 0 Å². The molecule has 18 heteroatoms. The van der Waals surface area contributed by atoms with Gasteiger partial charge >= 0.3 is 12.1 Å². The standard InChI is InChI=1S/C29H35Cl3N8O7/c1-15-33-22-19(11-39-21(41)13-37(2)26(39)44)34-24(35-25(43)47-14-27(30,31)32)40-12-20(29(45,46)28(22,40)36-15)38(3)23(42)18-10-6-8-16-7-4-5-9-17(16)18/h6,8,10,19-20,22,33,36,45-46H,1,4-5,7,9,11-14H2,2-3H3,(H,34,35,43)/t19-,20-,22-,28-/m0/s1. The van der Waals surface area contributed by atoms with E-state index in [1.165, 1.54) is 28.8 Å². The highest BCUT2D eigenvalue weighted by Crippen LogP contribution is 2.46. The molecule has 1 spiro atoms. The van der Waals surface area contributed by atoms with Gasteiger partial charge in [-0.15, -0.1) is 0 Å². The molecule has 0 bridgehead atoms. The van der Waals surface area contributed by atoms with Gasteiger partial charge in [0, 0.05) is 26.2 Å². The van der Waals surface area contributed by atoms with E-state index in [4.69, 9.17) is 39.5 Å². The van der Waals surface area contributed by atoms with Gasteiger partial charge in [-0.05, 0) is 42.9 Å². The SMILES string of the molecule is C=C1N[C@H]2[C@H](CN3C(=O)CN(C)C3=O)N=C(NC(=O)OCC(Cl)(Cl)Cl)N3C[C@H](N(C)C(=O)c4cccc5c4CCCC5)C(O)(O)[C@]23N1. The summed E-state index contributed by atoms with van der Waals surface area (Å²) in [5, 5.41) is 33.0. The molecule has 5 N–H and O–H groups in total. The smallest absolute Gasteiger partial charge is 0.414 e. The number of imide groups is 1. The molecule has 15 nitrogen and oxygen atoms in total. The maximum atomic E-state index is 14.1. The van der Waals surface area contributed by atoms with Crippen LogP contribution in [0.1, 0.15) is 34.3 Å². The number of hydrogen-bond donors (Lipinski definition) is 5. The summed E-state index contributed by atoms with van der Waals surface area (Å²) in [5.41, 5.74) is 0.573. The number of likely N-dealkylation sites (N-methyl/N-ethyl adjacent to an activating group) is 2. The maximum Gasteiger partial charge on any atom is 0.414 e. The topological polar surface area (TPSA) is 179 Å². The van der Waals surface area contributed by atoms with Crippen LogP contribution in [0.5, 0.6) is 0 Å². The fraction of sp³-hybridized carbons (Fsp3) is 0.552. The molecule has 5 aliphatic rings. The molecule has 5 amide bonds. The Hall–Kier alpha value is -3.50. The van der Waals surface area contributed by atoms with Crippen molar-refractivity contribution in [2.24, 2.45) is 4.99 Å². The van der Waals surface area contributed by atoms with Crippen LogP contribution in [-0.4, -0.2) is 133 Å². The number of nitrogens with one attached hydrogen (secondary N) is 3. The zero-order chi connectivity index (χ0) is 34.1. The average molecular weight is 714 g/mol. The first kappa shape index (κ1) is 33.4. The molecule has 1 aliphatic carbocycles. The summed E-state index contributed by atoms with van der Waals surface area (Å²) in [6.07, 6.45) is 2.45. The van der Waals surface area contributed by atoms with Crippen LogP contribution in [0.2, 0.25) is 0 Å². The number of nitrogens with zero attached hydrogens (tertiary/aromatic N) is 5. The molecule has 3 fully saturated rings. The number of ether oxygens (including phenoxy) is 1. The van der Waals surface area contributed by atoms with E-state index in [1.807, 2.05) is 12.1 Å². The second kappa shape index (κ2) is 11.9. The summed E-state index contributed by atoms with van der Waals surface area (Å²) >= 11 is 17.3. The first-order chi connectivity index (χ1) is 22.0. The fourth-order valence-electron chi connectivity index (χ4n) is 7.28. The van der Waals surface area contributed by atoms with Crippen molar-refractivity contribution in [1.82, 2.24) is 35.6 Å². The van der Waals surface area contributed by atoms with Crippen molar-refractivity contribution in [3.8, 4) is 0 Å². The summed E-state index contributed by atoms with van der Waals surface area (Å²) in [5.74, 6) is -3.66. The van der Waals surface area contributed by atoms with Crippen molar-refractivity contribution in [2.75, 3.05) is 40.3 Å². The van der Waals surface area contributed by atoms with E-state index in [-0.39, 0.29) is 31.4 Å². The molecule has 0 unspecified atom stereocenters. The highest BCUT2D eigenvalue weighted by Gasteiger charge is 2.74. The Morgan fingerprint density at radius 2 is 1.96 bits per heavy atom. The molecule has 47 heavy (non-hydrogen) atoms. The van der Waals surface area contributed by atoms with Gasteiger partial charge in [0.05, 0.1) is 24.4 Å². The Bertz CT molecular complexity index is 1570. The van der Waals surface area contributed by atoms with E-state index in [0.717, 1.165) is 41.7 Å². The Kier molecular flexibility index (Phi) is 8.44. The number of alkyl carbamates (subject to hydrolysis) is 1. The van der Waals surface area contributed by atoms with Gasteiger partial charge in [0.25, 0.3) is 5.91 Å². The van der Waals surface area contributed by atoms with Crippen LogP contribution in [0, 0.1) is 0 Å². The van der Waals surface area contributed by atoms with E-state index >= 15 is 0 Å². The lowest BCUT2D eigenvalue weighted by molar-refractivity contribution is -0.241. The predicted octanol–water partition coefficient (Wildman–Crippen LogP) is 0.460. The number of aliphatic imine (C=N–C) groups is 1. The molecule has 3 saturated heterocycles.